The maximum absolute atomic E-state index is 12.3. The van der Waals surface area contributed by atoms with Crippen LogP contribution in [0.4, 0.5) is 0 Å². The Balaban J connectivity index is 2.05. The van der Waals surface area contributed by atoms with Crippen LogP contribution in [-0.4, -0.2) is 42.6 Å². The van der Waals surface area contributed by atoms with Crippen LogP contribution in [-0.2, 0) is 9.53 Å². The lowest BCUT2D eigenvalue weighted by atomic mass is 10.0. The van der Waals surface area contributed by atoms with Crippen LogP contribution in [0.5, 0.6) is 5.95 Å². The van der Waals surface area contributed by atoms with Gasteiger partial charge in [0.05, 0.1) is 6.61 Å². The van der Waals surface area contributed by atoms with Gasteiger partial charge in [0.25, 0.3) is 5.95 Å². The lowest BCUT2D eigenvalue weighted by Crippen LogP contribution is -2.36. The summed E-state index contributed by atoms with van der Waals surface area (Å²) in [4.78, 5) is 26.4. The van der Waals surface area contributed by atoms with Gasteiger partial charge in [0.15, 0.2) is 12.0 Å². The Kier molecular flexibility index (Phi) is 18.2. The van der Waals surface area contributed by atoms with E-state index in [9.17, 15) is 9.59 Å². The highest BCUT2D eigenvalue weighted by atomic mass is 16.6. The lowest BCUT2D eigenvalue weighted by molar-refractivity contribution is -0.156. The molecule has 35 heavy (non-hydrogen) atoms. The first-order valence-corrected chi connectivity index (χ1v) is 14.2. The summed E-state index contributed by atoms with van der Waals surface area (Å²) in [6.07, 6.45) is 17.8. The average Bonchev–Trinajstić information content (AvgIpc) is 3.31. The van der Waals surface area contributed by atoms with Gasteiger partial charge >= 0.3 is 5.97 Å². The molecule has 0 aromatic carbocycles. The van der Waals surface area contributed by atoms with Crippen molar-refractivity contribution in [2.45, 2.75) is 130 Å². The smallest absolute Gasteiger partial charge is 0.315 e. The number of nitrogens with zero attached hydrogens (tertiary/aromatic N) is 1. The molecule has 1 aromatic heterocycles. The van der Waals surface area contributed by atoms with Gasteiger partial charge in [0.1, 0.15) is 6.42 Å². The Bertz CT molecular complexity index is 668. The molecule has 0 fully saturated rings. The molecular formula is C29H51NO5. The van der Waals surface area contributed by atoms with E-state index in [1.54, 1.807) is 12.1 Å². The molecule has 0 aliphatic rings. The van der Waals surface area contributed by atoms with Crippen LogP contribution in [0.15, 0.2) is 16.5 Å². The number of rotatable bonds is 23. The molecule has 202 valence electrons. The van der Waals surface area contributed by atoms with Crippen LogP contribution in [0.2, 0.25) is 0 Å². The summed E-state index contributed by atoms with van der Waals surface area (Å²) >= 11 is 0. The number of ketones is 1. The second-order valence-corrected chi connectivity index (χ2v) is 9.47. The van der Waals surface area contributed by atoms with E-state index in [0.29, 0.717) is 12.6 Å². The molecule has 0 aliphatic carbocycles. The van der Waals surface area contributed by atoms with E-state index in [0.717, 1.165) is 25.9 Å². The van der Waals surface area contributed by atoms with E-state index < -0.39 is 11.8 Å². The SMILES string of the molecule is CCCCCCCCCCCCCCCCOc1ccc(C(=O)CC(=O)OC(C)N(CC)CC)o1. The molecule has 6 nitrogen and oxygen atoms in total. The zero-order valence-electron chi connectivity index (χ0n) is 22.9. The largest absolute Gasteiger partial charge is 0.465 e. The van der Waals surface area contributed by atoms with E-state index in [2.05, 4.69) is 6.92 Å². The number of Topliss-reactive ketones (excluding diaryl/α,β-unsaturated/α-hetero) is 1. The third-order valence-electron chi connectivity index (χ3n) is 6.53. The zero-order valence-corrected chi connectivity index (χ0v) is 22.9. The first-order chi connectivity index (χ1) is 17.0. The number of hydrogen-bond acceptors (Lipinski definition) is 6. The molecule has 0 saturated heterocycles. The molecule has 0 N–H and O–H groups in total. The van der Waals surface area contributed by atoms with Crippen molar-refractivity contribution in [1.82, 2.24) is 4.90 Å². The Morgan fingerprint density at radius 1 is 0.800 bits per heavy atom. The molecule has 1 aromatic rings. The maximum atomic E-state index is 12.3. The highest BCUT2D eigenvalue weighted by Crippen LogP contribution is 2.19. The Morgan fingerprint density at radius 2 is 1.31 bits per heavy atom. The van der Waals surface area contributed by atoms with Crippen molar-refractivity contribution < 1.29 is 23.5 Å². The summed E-state index contributed by atoms with van der Waals surface area (Å²) < 4.78 is 16.4. The molecule has 0 spiro atoms. The van der Waals surface area contributed by atoms with E-state index in [1.165, 1.54) is 77.0 Å². The number of unbranched alkanes of at least 4 members (excludes halogenated alkanes) is 13. The molecule has 0 amide bonds. The molecule has 0 saturated carbocycles. The minimum Gasteiger partial charge on any atom is -0.465 e. The number of esters is 1. The summed E-state index contributed by atoms with van der Waals surface area (Å²) in [5.74, 6) is -0.481. The van der Waals surface area contributed by atoms with Gasteiger partial charge in [0.2, 0.25) is 5.78 Å². The van der Waals surface area contributed by atoms with Gasteiger partial charge in [-0.05, 0) is 32.5 Å². The van der Waals surface area contributed by atoms with Gasteiger partial charge in [0, 0.05) is 6.07 Å². The number of carbonyl (C=O) groups excluding carboxylic acids is 2. The Labute approximate surface area is 214 Å². The fraction of sp³-hybridized carbons (Fsp3) is 0.793. The zero-order chi connectivity index (χ0) is 25.7. The van der Waals surface area contributed by atoms with Crippen LogP contribution in [0, 0.1) is 0 Å². The van der Waals surface area contributed by atoms with Crippen LogP contribution in [0.1, 0.15) is 135 Å². The molecule has 1 heterocycles. The fourth-order valence-electron chi connectivity index (χ4n) is 4.28. The molecule has 0 radical (unpaired) electrons. The quantitative estimate of drug-likeness (QED) is 0.0506. The van der Waals surface area contributed by atoms with Gasteiger partial charge in [-0.25, -0.2) is 0 Å². The van der Waals surface area contributed by atoms with E-state index in [4.69, 9.17) is 13.9 Å². The first kappa shape index (κ1) is 31.2. The number of furan rings is 1. The predicted octanol–water partition coefficient (Wildman–Crippen LogP) is 7.94. The minimum atomic E-state index is -0.546. The van der Waals surface area contributed by atoms with E-state index in [1.807, 2.05) is 25.7 Å². The standard InChI is InChI=1S/C29H51NO5/c1-5-8-9-10-11-12-13-14-15-16-17-18-19-20-23-33-29-22-21-27(35-29)26(31)24-28(32)34-25(4)30(6-2)7-3/h21-22,25H,5-20,23-24H2,1-4H3. The molecule has 6 heteroatoms. The summed E-state index contributed by atoms with van der Waals surface area (Å²) in [6, 6.07) is 3.20. The monoisotopic (exact) mass is 493 g/mol. The van der Waals surface area contributed by atoms with Crippen LogP contribution < -0.4 is 4.74 Å². The topological polar surface area (TPSA) is 69.0 Å². The Morgan fingerprint density at radius 3 is 1.83 bits per heavy atom. The third kappa shape index (κ3) is 15.0. The van der Waals surface area contributed by atoms with Gasteiger partial charge < -0.3 is 13.9 Å². The summed E-state index contributed by atoms with van der Waals surface area (Å²) in [5.41, 5.74) is 0. The Hall–Kier alpha value is -1.82. The molecule has 0 aliphatic heterocycles. The number of hydrogen-bond donors (Lipinski definition) is 0. The molecule has 1 rings (SSSR count). The maximum Gasteiger partial charge on any atom is 0.315 e. The van der Waals surface area contributed by atoms with Crippen LogP contribution in [0.25, 0.3) is 0 Å². The number of carbonyl (C=O) groups is 2. The molecule has 1 atom stereocenters. The second kappa shape index (κ2) is 20.4. The van der Waals surface area contributed by atoms with Gasteiger partial charge in [-0.2, -0.15) is 0 Å². The second-order valence-electron chi connectivity index (χ2n) is 9.47. The minimum absolute atomic E-state index is 0.133. The highest BCUT2D eigenvalue weighted by Gasteiger charge is 2.20. The van der Waals surface area contributed by atoms with Crippen molar-refractivity contribution in [3.8, 4) is 5.95 Å². The normalized spacial score (nSPS) is 12.1. The van der Waals surface area contributed by atoms with E-state index >= 15 is 0 Å². The van der Waals surface area contributed by atoms with Crippen molar-refractivity contribution >= 4 is 11.8 Å². The van der Waals surface area contributed by atoms with Gasteiger partial charge in [-0.15, -0.1) is 0 Å². The molecular weight excluding hydrogens is 442 g/mol. The molecule has 1 unspecified atom stereocenters. The van der Waals surface area contributed by atoms with Gasteiger partial charge in [-0.3, -0.25) is 14.5 Å². The van der Waals surface area contributed by atoms with Crippen molar-refractivity contribution in [1.29, 1.82) is 0 Å². The van der Waals surface area contributed by atoms with Crippen LogP contribution in [0.3, 0.4) is 0 Å². The van der Waals surface area contributed by atoms with E-state index in [-0.39, 0.29) is 18.4 Å². The van der Waals surface area contributed by atoms with Crippen molar-refractivity contribution in [2.24, 2.45) is 0 Å². The van der Waals surface area contributed by atoms with Crippen LogP contribution >= 0.6 is 0 Å². The van der Waals surface area contributed by atoms with Crippen molar-refractivity contribution in [3.05, 3.63) is 17.9 Å². The van der Waals surface area contributed by atoms with Crippen molar-refractivity contribution in [3.63, 3.8) is 0 Å². The summed E-state index contributed by atoms with van der Waals surface area (Å²) in [6.45, 7) is 10.2. The highest BCUT2D eigenvalue weighted by molar-refractivity contribution is 6.04. The third-order valence-corrected chi connectivity index (χ3v) is 6.53. The lowest BCUT2D eigenvalue weighted by Gasteiger charge is -2.25. The predicted molar refractivity (Wildman–Crippen MR) is 142 cm³/mol. The fourth-order valence-corrected chi connectivity index (χ4v) is 4.28. The summed E-state index contributed by atoms with van der Waals surface area (Å²) in [5, 5.41) is 0. The van der Waals surface area contributed by atoms with Gasteiger partial charge in [-0.1, -0.05) is 104 Å². The summed E-state index contributed by atoms with van der Waals surface area (Å²) in [7, 11) is 0. The molecule has 0 bridgehead atoms. The number of ether oxygens (including phenoxy) is 2. The average molecular weight is 494 g/mol. The van der Waals surface area contributed by atoms with Crippen molar-refractivity contribution in [2.75, 3.05) is 19.7 Å². The first-order valence-electron chi connectivity index (χ1n) is 14.2.